The summed E-state index contributed by atoms with van der Waals surface area (Å²) in [6, 6.07) is 6.05. The van der Waals surface area contributed by atoms with Crippen LogP contribution >= 0.6 is 11.9 Å². The molecule has 0 radical (unpaired) electrons. The van der Waals surface area contributed by atoms with Gasteiger partial charge in [-0.05, 0) is 37.2 Å². The minimum Gasteiger partial charge on any atom is -0.495 e. The molecule has 3 nitrogen and oxygen atoms in total. The number of methoxy groups -OCH3 is 1. The first kappa shape index (κ1) is 14.7. The topological polar surface area (TPSA) is 33.3 Å². The van der Waals surface area contributed by atoms with Gasteiger partial charge >= 0.3 is 0 Å². The molecule has 0 amide bonds. The molecule has 0 heterocycles. The minimum atomic E-state index is 0.406. The third-order valence-electron chi connectivity index (χ3n) is 2.15. The van der Waals surface area contributed by atoms with E-state index in [0.29, 0.717) is 12.5 Å². The third-order valence-corrected chi connectivity index (χ3v) is 2.84. The first-order valence-electron chi connectivity index (χ1n) is 5.91. The van der Waals surface area contributed by atoms with Crippen LogP contribution < -0.4 is 14.8 Å². The smallest absolute Gasteiger partial charge is 0.143 e. The summed E-state index contributed by atoms with van der Waals surface area (Å²) < 4.78 is 8.40. The average molecular weight is 264 g/mol. The number of hydrogen-bond donors (Lipinski definition) is 2. The van der Waals surface area contributed by atoms with Gasteiger partial charge in [0.1, 0.15) is 5.75 Å². The Hall–Kier alpha value is -1.31. The van der Waals surface area contributed by atoms with Gasteiger partial charge in [0.15, 0.2) is 0 Å². The van der Waals surface area contributed by atoms with Crippen molar-refractivity contribution < 1.29 is 4.74 Å². The van der Waals surface area contributed by atoms with Crippen molar-refractivity contribution in [3.05, 3.63) is 18.2 Å². The summed E-state index contributed by atoms with van der Waals surface area (Å²) in [5.74, 6) is 7.45. The maximum atomic E-state index is 5.36. The molecular formula is C14H20N2OS. The Morgan fingerprint density at radius 2 is 2.17 bits per heavy atom. The number of benzene rings is 1. The molecule has 0 aliphatic rings. The molecule has 0 fully saturated rings. The van der Waals surface area contributed by atoms with Gasteiger partial charge in [0.2, 0.25) is 0 Å². The highest BCUT2D eigenvalue weighted by Crippen LogP contribution is 2.28. The van der Waals surface area contributed by atoms with Gasteiger partial charge in [-0.1, -0.05) is 25.7 Å². The van der Waals surface area contributed by atoms with Gasteiger partial charge in [-0.15, -0.1) is 0 Å². The zero-order valence-electron chi connectivity index (χ0n) is 11.3. The van der Waals surface area contributed by atoms with Gasteiger partial charge in [0, 0.05) is 10.8 Å². The highest BCUT2D eigenvalue weighted by atomic mass is 32.2. The zero-order valence-corrected chi connectivity index (χ0v) is 12.1. The van der Waals surface area contributed by atoms with Gasteiger partial charge in [0.25, 0.3) is 0 Å². The number of anilines is 1. The Bertz CT molecular complexity index is 435. The molecule has 0 unspecified atom stereocenters. The normalized spacial score (nSPS) is 9.83. The second-order valence-electron chi connectivity index (χ2n) is 4.00. The maximum Gasteiger partial charge on any atom is 0.143 e. The monoisotopic (exact) mass is 264 g/mol. The molecule has 1 aromatic carbocycles. The number of hydrogen-bond acceptors (Lipinski definition) is 4. The molecule has 0 bridgehead atoms. The quantitative estimate of drug-likeness (QED) is 0.633. The van der Waals surface area contributed by atoms with Crippen LogP contribution in [0.5, 0.6) is 5.75 Å². The van der Waals surface area contributed by atoms with Gasteiger partial charge in [-0.3, -0.25) is 4.72 Å². The zero-order chi connectivity index (χ0) is 13.4. The van der Waals surface area contributed by atoms with E-state index in [1.54, 1.807) is 19.1 Å². The Kier molecular flexibility index (Phi) is 6.48. The van der Waals surface area contributed by atoms with Crippen molar-refractivity contribution in [2.24, 2.45) is 5.92 Å². The van der Waals surface area contributed by atoms with Crippen molar-refractivity contribution in [2.45, 2.75) is 18.7 Å². The van der Waals surface area contributed by atoms with Crippen molar-refractivity contribution >= 4 is 17.6 Å². The van der Waals surface area contributed by atoms with Crippen molar-refractivity contribution in [2.75, 3.05) is 26.0 Å². The van der Waals surface area contributed by atoms with E-state index in [2.05, 4.69) is 35.7 Å². The second-order valence-corrected chi connectivity index (χ2v) is 5.08. The van der Waals surface area contributed by atoms with Crippen LogP contribution in [0.3, 0.4) is 0 Å². The Balaban J connectivity index is 2.68. The molecule has 1 rings (SSSR count). The van der Waals surface area contributed by atoms with Crippen molar-refractivity contribution in [3.63, 3.8) is 0 Å². The lowest BCUT2D eigenvalue weighted by molar-refractivity contribution is 0.415. The average Bonchev–Trinajstić information content (AvgIpc) is 2.35. The number of nitrogens with one attached hydrogen (secondary N) is 2. The molecule has 0 atom stereocenters. The Morgan fingerprint density at radius 1 is 1.39 bits per heavy atom. The minimum absolute atomic E-state index is 0.406. The van der Waals surface area contributed by atoms with Gasteiger partial charge in [-0.2, -0.15) is 0 Å². The molecule has 0 saturated heterocycles. The van der Waals surface area contributed by atoms with E-state index in [4.69, 9.17) is 4.74 Å². The molecule has 0 aliphatic carbocycles. The molecular weight excluding hydrogens is 244 g/mol. The van der Waals surface area contributed by atoms with Crippen LogP contribution in [0, 0.1) is 17.8 Å². The van der Waals surface area contributed by atoms with Crippen LogP contribution in [0.2, 0.25) is 0 Å². The van der Waals surface area contributed by atoms with E-state index in [-0.39, 0.29) is 0 Å². The van der Waals surface area contributed by atoms with Crippen LogP contribution in [0.15, 0.2) is 23.1 Å². The highest BCUT2D eigenvalue weighted by molar-refractivity contribution is 7.97. The van der Waals surface area contributed by atoms with E-state index >= 15 is 0 Å². The molecule has 4 heteroatoms. The summed E-state index contributed by atoms with van der Waals surface area (Å²) in [4.78, 5) is 1.12. The number of ether oxygens (including phenoxy) is 1. The number of rotatable bonds is 5. The largest absolute Gasteiger partial charge is 0.495 e. The standard InChI is InChI=1S/C14H20N2OS/c1-11(2)6-5-9-16-13-8-7-12(18-15-3)10-14(13)17-4/h7-8,10-11,15-16H,9H2,1-4H3. The van der Waals surface area contributed by atoms with Gasteiger partial charge in [0.05, 0.1) is 19.3 Å². The van der Waals surface area contributed by atoms with Crippen LogP contribution in [0.4, 0.5) is 5.69 Å². The summed E-state index contributed by atoms with van der Waals surface area (Å²) in [6.07, 6.45) is 0. The first-order chi connectivity index (χ1) is 8.67. The van der Waals surface area contributed by atoms with Gasteiger partial charge in [-0.25, -0.2) is 0 Å². The highest BCUT2D eigenvalue weighted by Gasteiger charge is 2.03. The predicted molar refractivity (Wildman–Crippen MR) is 79.0 cm³/mol. The molecule has 0 saturated carbocycles. The van der Waals surface area contributed by atoms with E-state index in [1.807, 2.05) is 25.2 Å². The van der Waals surface area contributed by atoms with Crippen molar-refractivity contribution in [3.8, 4) is 17.6 Å². The lowest BCUT2D eigenvalue weighted by Crippen LogP contribution is -2.02. The Morgan fingerprint density at radius 3 is 2.78 bits per heavy atom. The predicted octanol–water partition coefficient (Wildman–Crippen LogP) is 2.99. The second kappa shape index (κ2) is 7.91. The Labute approximate surface area is 114 Å². The molecule has 2 N–H and O–H groups in total. The molecule has 98 valence electrons. The van der Waals surface area contributed by atoms with Crippen LogP contribution in [0.1, 0.15) is 13.8 Å². The fourth-order valence-electron chi connectivity index (χ4n) is 1.39. The summed E-state index contributed by atoms with van der Waals surface area (Å²) in [7, 11) is 3.57. The molecule has 0 aromatic heterocycles. The lowest BCUT2D eigenvalue weighted by atomic mass is 10.2. The van der Waals surface area contributed by atoms with Crippen molar-refractivity contribution in [1.29, 1.82) is 0 Å². The SMILES string of the molecule is CNSc1ccc(NCC#CC(C)C)c(OC)c1. The summed E-state index contributed by atoms with van der Waals surface area (Å²) in [5, 5.41) is 3.26. The van der Waals surface area contributed by atoms with E-state index in [9.17, 15) is 0 Å². The van der Waals surface area contributed by atoms with E-state index < -0.39 is 0 Å². The molecule has 0 aliphatic heterocycles. The lowest BCUT2D eigenvalue weighted by Gasteiger charge is -2.10. The summed E-state index contributed by atoms with van der Waals surface area (Å²) in [5.41, 5.74) is 0.969. The third kappa shape index (κ3) is 4.91. The van der Waals surface area contributed by atoms with Crippen LogP contribution in [0.25, 0.3) is 0 Å². The first-order valence-corrected chi connectivity index (χ1v) is 6.73. The summed E-state index contributed by atoms with van der Waals surface area (Å²) in [6.45, 7) is 4.79. The van der Waals surface area contributed by atoms with E-state index in [0.717, 1.165) is 16.3 Å². The molecule has 1 aromatic rings. The maximum absolute atomic E-state index is 5.36. The molecule has 0 spiro atoms. The fraction of sp³-hybridized carbons (Fsp3) is 0.429. The molecule has 18 heavy (non-hydrogen) atoms. The van der Waals surface area contributed by atoms with Crippen LogP contribution in [-0.2, 0) is 0 Å². The van der Waals surface area contributed by atoms with Gasteiger partial charge < -0.3 is 10.1 Å². The fourth-order valence-corrected chi connectivity index (χ4v) is 1.93. The van der Waals surface area contributed by atoms with Crippen LogP contribution in [-0.4, -0.2) is 20.7 Å². The summed E-state index contributed by atoms with van der Waals surface area (Å²) >= 11 is 1.56. The van der Waals surface area contributed by atoms with E-state index in [1.165, 1.54) is 0 Å². The van der Waals surface area contributed by atoms with Crippen molar-refractivity contribution in [1.82, 2.24) is 4.72 Å².